The molecule has 3 heteroatoms. The maximum absolute atomic E-state index is 9.88. The molecule has 0 aliphatic carbocycles. The van der Waals surface area contributed by atoms with Gasteiger partial charge in [0.2, 0.25) is 0 Å². The number of nitrogens with zero attached hydrogens (tertiary/aromatic N) is 1. The monoisotopic (exact) mass is 383 g/mol. The van der Waals surface area contributed by atoms with E-state index in [0.29, 0.717) is 0 Å². The van der Waals surface area contributed by atoms with Gasteiger partial charge in [0.25, 0.3) is 0 Å². The van der Waals surface area contributed by atoms with Crippen molar-refractivity contribution in [3.8, 4) is 0 Å². The molecule has 0 amide bonds. The Kier molecular flexibility index (Phi) is 5.53. The molecule has 0 heterocycles. The van der Waals surface area contributed by atoms with Crippen molar-refractivity contribution in [1.82, 2.24) is 0 Å². The molecule has 0 atom stereocenters. The largest absolute Gasteiger partial charge is 0.392 e. The maximum Gasteiger partial charge on any atom is 0.0702 e. The quantitative estimate of drug-likeness (QED) is 0.484. The number of benzene rings is 4. The van der Waals surface area contributed by atoms with Gasteiger partial charge in [0.1, 0.15) is 0 Å². The summed E-state index contributed by atoms with van der Waals surface area (Å²) >= 11 is 0. The van der Waals surface area contributed by atoms with Crippen molar-refractivity contribution >= 4 is 28.7 Å². The van der Waals surface area contributed by atoms with Gasteiger partial charge in [0.05, 0.1) is 19.3 Å². The predicted molar refractivity (Wildman–Crippen MR) is 120 cm³/mol. The molecular formula is C25H22NOP. The van der Waals surface area contributed by atoms with E-state index < -0.39 is 7.05 Å². The highest BCUT2D eigenvalue weighted by atomic mass is 31.2. The molecule has 0 radical (unpaired) electrons. The van der Waals surface area contributed by atoms with Crippen LogP contribution >= 0.6 is 7.05 Å². The van der Waals surface area contributed by atoms with Crippen molar-refractivity contribution in [3.63, 3.8) is 0 Å². The van der Waals surface area contributed by atoms with Crippen LogP contribution in [0, 0.1) is 0 Å². The summed E-state index contributed by atoms with van der Waals surface area (Å²) in [6.45, 7) is -0.0297. The first kappa shape index (κ1) is 18.4. The standard InChI is InChI=1S/C25H22NOP/c27-20-21-12-10-11-19-25(21)26-28(22-13-4-1-5-14-22,23-15-6-2-7-16-23)24-17-8-3-9-18-24/h1-19,27H,20H2. The van der Waals surface area contributed by atoms with Crippen molar-refractivity contribution in [3.05, 3.63) is 121 Å². The highest BCUT2D eigenvalue weighted by Gasteiger charge is 2.27. The van der Waals surface area contributed by atoms with Crippen LogP contribution in [0.15, 0.2) is 120 Å². The average molecular weight is 383 g/mol. The number of hydrogen-bond donors (Lipinski definition) is 1. The SMILES string of the molecule is OCc1ccccc1N=P(c1ccccc1)(c1ccccc1)c1ccccc1. The lowest BCUT2D eigenvalue weighted by atomic mass is 10.2. The first-order valence-corrected chi connectivity index (χ1v) is 11.1. The highest BCUT2D eigenvalue weighted by molar-refractivity contribution is 7.87. The molecule has 0 spiro atoms. The summed E-state index contributed by atoms with van der Waals surface area (Å²) in [6.07, 6.45) is 0. The number of rotatable bonds is 5. The predicted octanol–water partition coefficient (Wildman–Crippen LogP) is 4.99. The number of hydrogen-bond acceptors (Lipinski definition) is 2. The number of aliphatic hydroxyl groups excluding tert-OH is 1. The average Bonchev–Trinajstić information content (AvgIpc) is 2.79. The zero-order valence-corrected chi connectivity index (χ0v) is 16.4. The fourth-order valence-corrected chi connectivity index (χ4v) is 7.03. The molecule has 4 rings (SSSR count). The molecule has 4 aromatic rings. The van der Waals surface area contributed by atoms with Crippen LogP contribution in [-0.4, -0.2) is 5.11 Å². The molecule has 0 saturated heterocycles. The van der Waals surface area contributed by atoms with Crippen LogP contribution in [-0.2, 0) is 6.61 Å². The summed E-state index contributed by atoms with van der Waals surface area (Å²) < 4.78 is 5.42. The van der Waals surface area contributed by atoms with E-state index >= 15 is 0 Å². The van der Waals surface area contributed by atoms with E-state index in [-0.39, 0.29) is 6.61 Å². The summed E-state index contributed by atoms with van der Waals surface area (Å²) in [7, 11) is -2.30. The van der Waals surface area contributed by atoms with Gasteiger partial charge in [-0.25, -0.2) is 0 Å². The molecule has 0 bridgehead atoms. The summed E-state index contributed by atoms with van der Waals surface area (Å²) in [5, 5.41) is 13.5. The lowest BCUT2D eigenvalue weighted by Gasteiger charge is -2.27. The highest BCUT2D eigenvalue weighted by Crippen LogP contribution is 2.49. The normalized spacial score (nSPS) is 11.2. The smallest absolute Gasteiger partial charge is 0.0702 e. The maximum atomic E-state index is 9.88. The van der Waals surface area contributed by atoms with Crippen molar-refractivity contribution in [1.29, 1.82) is 0 Å². The van der Waals surface area contributed by atoms with Gasteiger partial charge < -0.3 is 5.11 Å². The molecule has 0 unspecified atom stereocenters. The zero-order chi connectivity index (χ0) is 19.2. The van der Waals surface area contributed by atoms with Crippen LogP contribution in [0.5, 0.6) is 0 Å². The van der Waals surface area contributed by atoms with Crippen LogP contribution < -0.4 is 15.9 Å². The second-order valence-electron chi connectivity index (χ2n) is 6.53. The van der Waals surface area contributed by atoms with Crippen LogP contribution in [0.25, 0.3) is 0 Å². The Hall–Kier alpha value is -2.93. The molecule has 4 aromatic carbocycles. The van der Waals surface area contributed by atoms with E-state index in [9.17, 15) is 5.11 Å². The molecule has 0 aliphatic heterocycles. The van der Waals surface area contributed by atoms with Gasteiger partial charge in [-0.1, -0.05) is 109 Å². The molecule has 0 aromatic heterocycles. The second-order valence-corrected chi connectivity index (χ2v) is 9.55. The summed E-state index contributed by atoms with van der Waals surface area (Å²) in [4.78, 5) is 0. The minimum absolute atomic E-state index is 0.0297. The van der Waals surface area contributed by atoms with Gasteiger partial charge in [0.15, 0.2) is 0 Å². The van der Waals surface area contributed by atoms with Crippen molar-refractivity contribution in [2.24, 2.45) is 4.74 Å². The Bertz CT molecular complexity index is 990. The number of aliphatic hydroxyl groups is 1. The third kappa shape index (κ3) is 3.45. The summed E-state index contributed by atoms with van der Waals surface area (Å²) in [6, 6.07) is 39.4. The van der Waals surface area contributed by atoms with Crippen LogP contribution in [0.4, 0.5) is 5.69 Å². The van der Waals surface area contributed by atoms with Gasteiger partial charge in [0, 0.05) is 21.5 Å². The van der Waals surface area contributed by atoms with Gasteiger partial charge in [-0.2, -0.15) is 0 Å². The first-order valence-electron chi connectivity index (χ1n) is 9.32. The zero-order valence-electron chi connectivity index (χ0n) is 15.5. The topological polar surface area (TPSA) is 32.6 Å². The molecule has 0 fully saturated rings. The van der Waals surface area contributed by atoms with E-state index in [1.54, 1.807) is 0 Å². The molecule has 138 valence electrons. The van der Waals surface area contributed by atoms with Crippen molar-refractivity contribution in [2.45, 2.75) is 6.61 Å². The Labute approximate surface area is 166 Å². The first-order chi connectivity index (χ1) is 13.8. The fourth-order valence-electron chi connectivity index (χ4n) is 3.46. The van der Waals surface area contributed by atoms with E-state index in [1.165, 1.54) is 15.9 Å². The fraction of sp³-hybridized carbons (Fsp3) is 0.0400. The van der Waals surface area contributed by atoms with Crippen LogP contribution in [0.1, 0.15) is 5.56 Å². The summed E-state index contributed by atoms with van der Waals surface area (Å²) in [5.74, 6) is 0. The Morgan fingerprint density at radius 2 is 0.929 bits per heavy atom. The minimum atomic E-state index is -2.30. The van der Waals surface area contributed by atoms with Gasteiger partial charge >= 0.3 is 0 Å². The molecule has 1 N–H and O–H groups in total. The van der Waals surface area contributed by atoms with Crippen LogP contribution in [0.2, 0.25) is 0 Å². The van der Waals surface area contributed by atoms with Crippen molar-refractivity contribution < 1.29 is 5.11 Å². The Balaban J connectivity index is 2.15. The minimum Gasteiger partial charge on any atom is -0.392 e. The molecular weight excluding hydrogens is 361 g/mol. The second kappa shape index (κ2) is 8.39. The third-order valence-corrected chi connectivity index (χ3v) is 8.46. The lowest BCUT2D eigenvalue weighted by Crippen LogP contribution is -2.25. The van der Waals surface area contributed by atoms with Gasteiger partial charge in [-0.15, -0.1) is 0 Å². The van der Waals surface area contributed by atoms with E-state index in [2.05, 4.69) is 72.8 Å². The molecule has 28 heavy (non-hydrogen) atoms. The van der Waals surface area contributed by atoms with E-state index in [0.717, 1.165) is 11.3 Å². The summed E-state index contributed by atoms with van der Waals surface area (Å²) in [5.41, 5.74) is 1.68. The Morgan fingerprint density at radius 1 is 0.536 bits per heavy atom. The Morgan fingerprint density at radius 3 is 1.36 bits per heavy atom. The van der Waals surface area contributed by atoms with Crippen LogP contribution in [0.3, 0.4) is 0 Å². The molecule has 0 aliphatic rings. The van der Waals surface area contributed by atoms with Crippen molar-refractivity contribution in [2.75, 3.05) is 0 Å². The van der Waals surface area contributed by atoms with Gasteiger partial charge in [-0.3, -0.25) is 4.74 Å². The van der Waals surface area contributed by atoms with Gasteiger partial charge in [-0.05, 0) is 6.07 Å². The molecule has 2 nitrogen and oxygen atoms in total. The van der Waals surface area contributed by atoms with E-state index in [1.807, 2.05) is 42.5 Å². The third-order valence-electron chi connectivity index (χ3n) is 4.81. The van der Waals surface area contributed by atoms with E-state index in [4.69, 9.17) is 4.74 Å². The lowest BCUT2D eigenvalue weighted by molar-refractivity contribution is 0.282. The molecule has 0 saturated carbocycles.